The fourth-order valence-electron chi connectivity index (χ4n) is 4.21. The summed E-state index contributed by atoms with van der Waals surface area (Å²) in [4.78, 5) is 41.1. The number of carbonyl (C=O) groups excluding carboxylic acids is 3. The van der Waals surface area contributed by atoms with E-state index < -0.39 is 12.2 Å². The molecule has 0 saturated carbocycles. The highest BCUT2D eigenvalue weighted by atomic mass is 35.5. The number of thiophene rings is 1. The summed E-state index contributed by atoms with van der Waals surface area (Å²) in [6, 6.07) is 8.45. The van der Waals surface area contributed by atoms with Crippen molar-refractivity contribution in [2.75, 3.05) is 42.6 Å². The Labute approximate surface area is 193 Å². The molecule has 5 rings (SSSR count). The molecule has 1 aromatic carbocycles. The van der Waals surface area contributed by atoms with Gasteiger partial charge in [0.2, 0.25) is 5.91 Å². The fourth-order valence-corrected chi connectivity index (χ4v) is 5.17. The highest BCUT2D eigenvalue weighted by Gasteiger charge is 2.45. The van der Waals surface area contributed by atoms with Gasteiger partial charge in [0.05, 0.1) is 40.6 Å². The predicted octanol–water partition coefficient (Wildman–Crippen LogP) is 2.24. The minimum Gasteiger partial charge on any atom is -0.491 e. The Morgan fingerprint density at radius 2 is 2.16 bits per heavy atom. The predicted molar refractivity (Wildman–Crippen MR) is 120 cm³/mol. The van der Waals surface area contributed by atoms with Crippen molar-refractivity contribution >= 4 is 52.2 Å². The summed E-state index contributed by atoms with van der Waals surface area (Å²) < 4.78 is 12.1. The first-order valence-corrected chi connectivity index (χ1v) is 11.5. The molecule has 2 atom stereocenters. The van der Waals surface area contributed by atoms with Crippen molar-refractivity contribution in [1.82, 2.24) is 10.6 Å². The van der Waals surface area contributed by atoms with Gasteiger partial charge in [0.1, 0.15) is 11.9 Å². The van der Waals surface area contributed by atoms with Crippen molar-refractivity contribution in [1.29, 1.82) is 0 Å². The van der Waals surface area contributed by atoms with Gasteiger partial charge in [-0.25, -0.2) is 4.79 Å². The molecule has 0 aliphatic carbocycles. The van der Waals surface area contributed by atoms with Gasteiger partial charge in [-0.1, -0.05) is 11.6 Å². The second kappa shape index (κ2) is 8.61. The summed E-state index contributed by atoms with van der Waals surface area (Å²) in [7, 11) is 0. The van der Waals surface area contributed by atoms with E-state index in [-0.39, 0.29) is 24.4 Å². The number of benzene rings is 1. The number of hydrogen-bond donors (Lipinski definition) is 2. The van der Waals surface area contributed by atoms with Gasteiger partial charge in [0.15, 0.2) is 0 Å². The maximum absolute atomic E-state index is 12.7. The SMILES string of the molecule is O=C(NCC1OC(=O)N2c3ccc(N4CCNCC4=O)cc3OCC[C@@H]12)c1ccc(Cl)s1. The van der Waals surface area contributed by atoms with Crippen molar-refractivity contribution in [2.45, 2.75) is 18.6 Å². The van der Waals surface area contributed by atoms with Gasteiger partial charge < -0.3 is 25.0 Å². The number of cyclic esters (lactones) is 1. The maximum Gasteiger partial charge on any atom is 0.415 e. The number of rotatable bonds is 4. The highest BCUT2D eigenvalue weighted by molar-refractivity contribution is 7.18. The van der Waals surface area contributed by atoms with E-state index >= 15 is 0 Å². The zero-order chi connectivity index (χ0) is 22.2. The van der Waals surface area contributed by atoms with Gasteiger partial charge in [-0.3, -0.25) is 14.5 Å². The molecule has 3 aliphatic rings. The van der Waals surface area contributed by atoms with Crippen LogP contribution in [0.3, 0.4) is 0 Å². The normalized spacial score (nSPS) is 22.5. The maximum atomic E-state index is 12.7. The lowest BCUT2D eigenvalue weighted by Gasteiger charge is -2.28. The van der Waals surface area contributed by atoms with E-state index in [1.54, 1.807) is 34.1 Å². The van der Waals surface area contributed by atoms with E-state index in [0.29, 0.717) is 46.8 Å². The van der Waals surface area contributed by atoms with Crippen molar-refractivity contribution in [3.63, 3.8) is 0 Å². The third kappa shape index (κ3) is 3.89. The van der Waals surface area contributed by atoms with E-state index in [9.17, 15) is 14.4 Å². The zero-order valence-corrected chi connectivity index (χ0v) is 18.6. The molecule has 1 aromatic heterocycles. The van der Waals surface area contributed by atoms with E-state index in [4.69, 9.17) is 21.1 Å². The zero-order valence-electron chi connectivity index (χ0n) is 17.0. The molecule has 1 unspecified atom stereocenters. The van der Waals surface area contributed by atoms with Crippen LogP contribution >= 0.6 is 22.9 Å². The number of hydrogen-bond acceptors (Lipinski definition) is 7. The molecule has 168 valence electrons. The molecule has 2 N–H and O–H groups in total. The van der Waals surface area contributed by atoms with Crippen LogP contribution < -0.4 is 25.2 Å². The number of nitrogens with one attached hydrogen (secondary N) is 2. The molecule has 2 fully saturated rings. The lowest BCUT2D eigenvalue weighted by Crippen LogP contribution is -2.48. The first-order valence-electron chi connectivity index (χ1n) is 10.3. The number of fused-ring (bicyclic) bond motifs is 3. The number of ether oxygens (including phenoxy) is 2. The Kier molecular flexibility index (Phi) is 5.66. The van der Waals surface area contributed by atoms with Crippen LogP contribution in [0.1, 0.15) is 16.1 Å². The summed E-state index contributed by atoms with van der Waals surface area (Å²) in [5, 5.41) is 5.88. The molecule has 0 spiro atoms. The average Bonchev–Trinajstić information content (AvgIpc) is 3.29. The number of piperazine rings is 1. The molecule has 0 bridgehead atoms. The molecule has 0 radical (unpaired) electrons. The van der Waals surface area contributed by atoms with Gasteiger partial charge in [-0.2, -0.15) is 0 Å². The van der Waals surface area contributed by atoms with Crippen LogP contribution in [-0.2, 0) is 9.53 Å². The third-order valence-electron chi connectivity index (χ3n) is 5.75. The van der Waals surface area contributed by atoms with Gasteiger partial charge in [-0.15, -0.1) is 11.3 Å². The summed E-state index contributed by atoms with van der Waals surface area (Å²) in [5.74, 6) is 0.268. The van der Waals surface area contributed by atoms with E-state index in [1.807, 2.05) is 6.07 Å². The molecule has 11 heteroatoms. The van der Waals surface area contributed by atoms with Crippen LogP contribution in [-0.4, -0.2) is 62.8 Å². The van der Waals surface area contributed by atoms with E-state index in [0.717, 1.165) is 12.2 Å². The van der Waals surface area contributed by atoms with Crippen LogP contribution in [0.5, 0.6) is 5.75 Å². The number of anilines is 2. The minimum absolute atomic E-state index is 0.00823. The van der Waals surface area contributed by atoms with Crippen LogP contribution in [0.2, 0.25) is 4.34 Å². The van der Waals surface area contributed by atoms with Crippen molar-refractivity contribution in [3.8, 4) is 5.75 Å². The van der Waals surface area contributed by atoms with E-state index in [1.165, 1.54) is 11.3 Å². The molecule has 2 aromatic rings. The number of halogens is 1. The molecule has 3 aliphatic heterocycles. The second-order valence-corrected chi connectivity index (χ2v) is 9.40. The summed E-state index contributed by atoms with van der Waals surface area (Å²) >= 11 is 7.09. The van der Waals surface area contributed by atoms with Crippen LogP contribution in [0, 0.1) is 0 Å². The van der Waals surface area contributed by atoms with E-state index in [2.05, 4.69) is 10.6 Å². The molecule has 2 saturated heterocycles. The largest absolute Gasteiger partial charge is 0.491 e. The van der Waals surface area contributed by atoms with Crippen molar-refractivity contribution < 1.29 is 23.9 Å². The van der Waals surface area contributed by atoms with Crippen molar-refractivity contribution in [2.24, 2.45) is 0 Å². The summed E-state index contributed by atoms with van der Waals surface area (Å²) in [5.41, 5.74) is 1.34. The first kappa shape index (κ1) is 21.0. The molecule has 3 amide bonds. The minimum atomic E-state index is -0.508. The molecular weight excluding hydrogens is 456 g/mol. The van der Waals surface area contributed by atoms with Crippen LogP contribution in [0.4, 0.5) is 16.2 Å². The topological polar surface area (TPSA) is 100 Å². The molecule has 4 heterocycles. The number of carbonyl (C=O) groups is 3. The monoisotopic (exact) mass is 476 g/mol. The number of amides is 3. The Bertz CT molecular complexity index is 1080. The van der Waals surface area contributed by atoms with Gasteiger partial charge in [0, 0.05) is 31.3 Å². The molecule has 9 nitrogen and oxygen atoms in total. The highest BCUT2D eigenvalue weighted by Crippen LogP contribution is 2.40. The van der Waals surface area contributed by atoms with Gasteiger partial charge in [-0.05, 0) is 24.3 Å². The Morgan fingerprint density at radius 3 is 2.94 bits per heavy atom. The number of nitrogens with zero attached hydrogens (tertiary/aromatic N) is 2. The van der Waals surface area contributed by atoms with Gasteiger partial charge in [0.25, 0.3) is 5.91 Å². The lowest BCUT2D eigenvalue weighted by molar-refractivity contribution is -0.118. The molecular formula is C21H21ClN4O5S. The van der Waals surface area contributed by atoms with Crippen LogP contribution in [0.15, 0.2) is 30.3 Å². The quantitative estimate of drug-likeness (QED) is 0.702. The Morgan fingerprint density at radius 1 is 1.28 bits per heavy atom. The average molecular weight is 477 g/mol. The first-order chi connectivity index (χ1) is 15.5. The Balaban J connectivity index is 1.33. The van der Waals surface area contributed by atoms with Crippen LogP contribution in [0.25, 0.3) is 0 Å². The second-order valence-electron chi connectivity index (χ2n) is 7.68. The fraction of sp³-hybridized carbons (Fsp3) is 0.381. The van der Waals surface area contributed by atoms with Crippen molar-refractivity contribution in [3.05, 3.63) is 39.5 Å². The summed E-state index contributed by atoms with van der Waals surface area (Å²) in [6.45, 7) is 2.15. The smallest absolute Gasteiger partial charge is 0.415 e. The van der Waals surface area contributed by atoms with Gasteiger partial charge >= 0.3 is 6.09 Å². The standard InChI is InChI=1S/C21H21ClN4O5S/c22-18-4-3-17(32-18)20(28)24-10-16-14-5-8-30-15-9-12(25-7-6-23-11-19(25)27)1-2-13(15)26(14)21(29)31-16/h1-4,9,14,16,23H,5-8,10-11H2,(H,24,28)/t14-,16?/m0/s1. The Hall–Kier alpha value is -2.82. The summed E-state index contributed by atoms with van der Waals surface area (Å²) in [6.07, 6.45) is -0.440. The third-order valence-corrected chi connectivity index (χ3v) is 6.98. The lowest BCUT2D eigenvalue weighted by atomic mass is 10.1. The molecule has 32 heavy (non-hydrogen) atoms.